The van der Waals surface area contributed by atoms with Crippen LogP contribution in [0.1, 0.15) is 11.9 Å². The highest BCUT2D eigenvalue weighted by Gasteiger charge is 2.10. The summed E-state index contributed by atoms with van der Waals surface area (Å²) in [5.74, 6) is 0.531. The Labute approximate surface area is 84.6 Å². The van der Waals surface area contributed by atoms with Crippen molar-refractivity contribution in [2.24, 2.45) is 0 Å². The van der Waals surface area contributed by atoms with Gasteiger partial charge in [0.15, 0.2) is 4.80 Å². The van der Waals surface area contributed by atoms with Gasteiger partial charge in [-0.05, 0) is 12.1 Å². The molecule has 2 N–H and O–H groups in total. The number of aromatic nitrogens is 1. The van der Waals surface area contributed by atoms with Crippen molar-refractivity contribution in [1.29, 1.82) is 5.41 Å². The van der Waals surface area contributed by atoms with Crippen LogP contribution in [-0.4, -0.2) is 9.67 Å². The van der Waals surface area contributed by atoms with Gasteiger partial charge in [-0.15, -0.1) is 11.3 Å². The zero-order chi connectivity index (χ0) is 9.97. The van der Waals surface area contributed by atoms with Crippen LogP contribution in [0.2, 0.25) is 0 Å². The van der Waals surface area contributed by atoms with Gasteiger partial charge in [0.2, 0.25) is 0 Å². The highest BCUT2D eigenvalue weighted by atomic mass is 32.1. The van der Waals surface area contributed by atoms with Gasteiger partial charge in [0.05, 0.1) is 12.8 Å². The monoisotopic (exact) mass is 210 g/mol. The smallest absolute Gasteiger partial charge is 0.181 e. The minimum absolute atomic E-state index is 0.357. The Hall–Kier alpha value is -1.33. The Kier molecular flexibility index (Phi) is 2.51. The molecule has 2 aromatic rings. The van der Waals surface area contributed by atoms with Crippen molar-refractivity contribution in [2.45, 2.75) is 12.6 Å². The number of hydrogen-bond donors (Lipinski definition) is 2. The van der Waals surface area contributed by atoms with Crippen molar-refractivity contribution in [3.8, 4) is 0 Å². The van der Waals surface area contributed by atoms with E-state index >= 15 is 0 Å². The molecule has 0 aliphatic rings. The maximum Gasteiger partial charge on any atom is 0.181 e. The molecule has 2 heterocycles. The van der Waals surface area contributed by atoms with Gasteiger partial charge in [-0.25, -0.2) is 0 Å². The summed E-state index contributed by atoms with van der Waals surface area (Å²) in [6.07, 6.45) is 2.62. The molecule has 2 rings (SSSR count). The number of hydrogen-bond acceptors (Lipinski definition) is 4. The van der Waals surface area contributed by atoms with E-state index in [0.717, 1.165) is 0 Å². The second kappa shape index (κ2) is 3.81. The molecular formula is C9H10N2O2S. The fraction of sp³-hybridized carbons (Fsp3) is 0.222. The zero-order valence-electron chi connectivity index (χ0n) is 7.38. The number of aliphatic hydroxyl groups excluding tert-OH is 1. The summed E-state index contributed by atoms with van der Waals surface area (Å²) < 4.78 is 6.74. The van der Waals surface area contributed by atoms with Crippen molar-refractivity contribution >= 4 is 11.3 Å². The molecule has 0 amide bonds. The summed E-state index contributed by atoms with van der Waals surface area (Å²) in [5, 5.41) is 19.0. The van der Waals surface area contributed by atoms with Gasteiger partial charge < -0.3 is 14.1 Å². The second-order valence-electron chi connectivity index (χ2n) is 2.89. The van der Waals surface area contributed by atoms with Crippen LogP contribution < -0.4 is 4.80 Å². The van der Waals surface area contributed by atoms with Gasteiger partial charge in [0.25, 0.3) is 0 Å². The molecule has 0 aliphatic heterocycles. The number of aliphatic hydroxyl groups is 1. The van der Waals surface area contributed by atoms with E-state index in [-0.39, 0.29) is 0 Å². The van der Waals surface area contributed by atoms with Crippen LogP contribution >= 0.6 is 11.3 Å². The molecule has 2 aromatic heterocycles. The molecule has 14 heavy (non-hydrogen) atoms. The molecule has 0 spiro atoms. The quantitative estimate of drug-likeness (QED) is 0.803. The average Bonchev–Trinajstić information content (AvgIpc) is 2.77. The molecule has 0 fully saturated rings. The molecule has 74 valence electrons. The number of rotatable bonds is 3. The van der Waals surface area contributed by atoms with Crippen LogP contribution in [0.5, 0.6) is 0 Å². The van der Waals surface area contributed by atoms with Crippen LogP contribution in [-0.2, 0) is 6.54 Å². The first-order chi connectivity index (χ1) is 6.77. The van der Waals surface area contributed by atoms with Crippen LogP contribution in [0, 0.1) is 5.41 Å². The minimum atomic E-state index is -0.686. The zero-order valence-corrected chi connectivity index (χ0v) is 8.20. The highest BCUT2D eigenvalue weighted by molar-refractivity contribution is 7.06. The number of nitrogens with zero attached hydrogens (tertiary/aromatic N) is 1. The first-order valence-electron chi connectivity index (χ1n) is 4.17. The number of thiazole rings is 1. The summed E-state index contributed by atoms with van der Waals surface area (Å²) in [5.41, 5.74) is 0. The Bertz CT molecular complexity index is 443. The van der Waals surface area contributed by atoms with E-state index < -0.39 is 6.10 Å². The van der Waals surface area contributed by atoms with Crippen molar-refractivity contribution in [3.63, 3.8) is 0 Å². The lowest BCUT2D eigenvalue weighted by atomic mass is 10.3. The number of nitrogens with one attached hydrogen (secondary N) is 1. The third-order valence-electron chi connectivity index (χ3n) is 1.92. The maximum absolute atomic E-state index is 9.71. The van der Waals surface area contributed by atoms with Gasteiger partial charge >= 0.3 is 0 Å². The molecule has 0 aromatic carbocycles. The van der Waals surface area contributed by atoms with Gasteiger partial charge in [0.1, 0.15) is 11.9 Å². The molecule has 0 saturated heterocycles. The molecule has 5 heteroatoms. The molecule has 1 atom stereocenters. The van der Waals surface area contributed by atoms with E-state index in [1.807, 2.05) is 5.38 Å². The van der Waals surface area contributed by atoms with Crippen molar-refractivity contribution < 1.29 is 9.52 Å². The van der Waals surface area contributed by atoms with Gasteiger partial charge in [0, 0.05) is 11.6 Å². The molecule has 0 saturated carbocycles. The lowest BCUT2D eigenvalue weighted by molar-refractivity contribution is 0.129. The Morgan fingerprint density at radius 2 is 2.50 bits per heavy atom. The van der Waals surface area contributed by atoms with E-state index in [2.05, 4.69) is 0 Å². The largest absolute Gasteiger partial charge is 0.467 e. The van der Waals surface area contributed by atoms with Gasteiger partial charge in [-0.1, -0.05) is 0 Å². The van der Waals surface area contributed by atoms with Crippen molar-refractivity contribution in [3.05, 3.63) is 40.5 Å². The fourth-order valence-electron chi connectivity index (χ4n) is 1.20. The Morgan fingerprint density at radius 1 is 1.64 bits per heavy atom. The standard InChI is InChI=1S/C9H10N2O2S/c10-9-11(3-5-14-9)6-7(12)8-2-1-4-13-8/h1-5,7,10,12H,6H2. The summed E-state index contributed by atoms with van der Waals surface area (Å²) in [4.78, 5) is 0.426. The normalized spacial score (nSPS) is 12.9. The molecule has 0 bridgehead atoms. The van der Waals surface area contributed by atoms with Crippen LogP contribution in [0.3, 0.4) is 0 Å². The minimum Gasteiger partial charge on any atom is -0.467 e. The number of furan rings is 1. The Balaban J connectivity index is 2.13. The summed E-state index contributed by atoms with van der Waals surface area (Å²) in [6.45, 7) is 0.357. The maximum atomic E-state index is 9.71. The molecular weight excluding hydrogens is 200 g/mol. The molecule has 0 radical (unpaired) electrons. The summed E-state index contributed by atoms with van der Waals surface area (Å²) in [7, 11) is 0. The first-order valence-corrected chi connectivity index (χ1v) is 5.05. The van der Waals surface area contributed by atoms with E-state index in [1.165, 1.54) is 17.6 Å². The average molecular weight is 210 g/mol. The van der Waals surface area contributed by atoms with Gasteiger partial charge in [-0.2, -0.15) is 0 Å². The van der Waals surface area contributed by atoms with Crippen molar-refractivity contribution in [2.75, 3.05) is 0 Å². The Morgan fingerprint density at radius 3 is 3.07 bits per heavy atom. The SMILES string of the molecule is N=c1sccn1CC(O)c1ccco1. The fourth-order valence-corrected chi connectivity index (χ4v) is 1.81. The predicted octanol–water partition coefficient (Wildman–Crippen LogP) is 1.36. The van der Waals surface area contributed by atoms with E-state index in [4.69, 9.17) is 9.83 Å². The van der Waals surface area contributed by atoms with E-state index in [1.54, 1.807) is 22.9 Å². The van der Waals surface area contributed by atoms with Gasteiger partial charge in [-0.3, -0.25) is 5.41 Å². The third kappa shape index (κ3) is 1.78. The summed E-state index contributed by atoms with van der Waals surface area (Å²) >= 11 is 1.33. The topological polar surface area (TPSA) is 62.2 Å². The lowest BCUT2D eigenvalue weighted by Gasteiger charge is -2.07. The van der Waals surface area contributed by atoms with Crippen LogP contribution in [0.25, 0.3) is 0 Å². The lowest BCUT2D eigenvalue weighted by Crippen LogP contribution is -2.17. The van der Waals surface area contributed by atoms with E-state index in [9.17, 15) is 5.11 Å². The van der Waals surface area contributed by atoms with Crippen molar-refractivity contribution in [1.82, 2.24) is 4.57 Å². The first kappa shape index (κ1) is 9.23. The molecule has 1 unspecified atom stereocenters. The molecule has 0 aliphatic carbocycles. The van der Waals surface area contributed by atoms with E-state index in [0.29, 0.717) is 17.1 Å². The second-order valence-corrected chi connectivity index (χ2v) is 3.79. The van der Waals surface area contributed by atoms with Crippen LogP contribution in [0.4, 0.5) is 0 Å². The summed E-state index contributed by atoms with van der Waals surface area (Å²) in [6, 6.07) is 3.46. The van der Waals surface area contributed by atoms with Crippen LogP contribution in [0.15, 0.2) is 34.4 Å². The predicted molar refractivity (Wildman–Crippen MR) is 51.8 cm³/mol. The highest BCUT2D eigenvalue weighted by Crippen LogP contribution is 2.14. The molecule has 4 nitrogen and oxygen atoms in total. The third-order valence-corrected chi connectivity index (χ3v) is 2.64.